The highest BCUT2D eigenvalue weighted by Crippen LogP contribution is 2.30. The zero-order valence-electron chi connectivity index (χ0n) is 14.8. The van der Waals surface area contributed by atoms with Gasteiger partial charge in [-0.05, 0) is 53.4 Å². The average molecular weight is 376 g/mol. The minimum Gasteiger partial charge on any atom is -0.481 e. The maximum atomic E-state index is 11.2. The molecule has 0 aliphatic carbocycles. The molecule has 0 aliphatic rings. The molecule has 1 aromatic heterocycles. The molecule has 0 spiro atoms. The fraction of sp³-hybridized carbons (Fsp3) is 0.0870. The standard InChI is InChI=1S/C23H18ClNO2/c1-15-19(6-4-7-21(15)24)16-9-11-18(12-10-16)25-14-17(13-23(26)27)20-5-2-3-8-22(20)25/h2-12,14H,13H2,1H3,(H,26,27). The Morgan fingerprint density at radius 3 is 2.48 bits per heavy atom. The first kappa shape index (κ1) is 17.4. The Hall–Kier alpha value is -3.04. The van der Waals surface area contributed by atoms with Crippen LogP contribution in [0.15, 0.2) is 72.9 Å². The van der Waals surface area contributed by atoms with E-state index in [0.29, 0.717) is 0 Å². The van der Waals surface area contributed by atoms with Crippen LogP contribution in [0.4, 0.5) is 0 Å². The summed E-state index contributed by atoms with van der Waals surface area (Å²) < 4.78 is 2.04. The van der Waals surface area contributed by atoms with Gasteiger partial charge in [0.15, 0.2) is 0 Å². The summed E-state index contributed by atoms with van der Waals surface area (Å²) >= 11 is 6.25. The van der Waals surface area contributed by atoms with Crippen LogP contribution in [-0.2, 0) is 11.2 Å². The predicted molar refractivity (Wildman–Crippen MR) is 110 cm³/mol. The van der Waals surface area contributed by atoms with Crippen LogP contribution in [-0.4, -0.2) is 15.6 Å². The van der Waals surface area contributed by atoms with Crippen molar-refractivity contribution in [1.82, 2.24) is 4.57 Å². The lowest BCUT2D eigenvalue weighted by molar-refractivity contribution is -0.136. The van der Waals surface area contributed by atoms with Crippen LogP contribution in [0.1, 0.15) is 11.1 Å². The number of hydrogen-bond acceptors (Lipinski definition) is 1. The minimum absolute atomic E-state index is 0.00725. The first-order chi connectivity index (χ1) is 13.0. The van der Waals surface area contributed by atoms with E-state index < -0.39 is 5.97 Å². The maximum Gasteiger partial charge on any atom is 0.307 e. The molecule has 4 heteroatoms. The largest absolute Gasteiger partial charge is 0.481 e. The lowest BCUT2D eigenvalue weighted by Crippen LogP contribution is -1.99. The predicted octanol–water partition coefficient (Wildman–Crippen LogP) is 5.89. The van der Waals surface area contributed by atoms with Crippen LogP contribution in [0.25, 0.3) is 27.7 Å². The Morgan fingerprint density at radius 2 is 1.74 bits per heavy atom. The molecule has 27 heavy (non-hydrogen) atoms. The number of hydrogen-bond donors (Lipinski definition) is 1. The van der Waals surface area contributed by atoms with Crippen molar-refractivity contribution in [1.29, 1.82) is 0 Å². The molecule has 0 saturated heterocycles. The molecule has 1 N–H and O–H groups in total. The van der Waals surface area contributed by atoms with Gasteiger partial charge in [-0.2, -0.15) is 0 Å². The van der Waals surface area contributed by atoms with Crippen molar-refractivity contribution in [2.45, 2.75) is 13.3 Å². The molecule has 134 valence electrons. The van der Waals surface area contributed by atoms with Crippen LogP contribution in [0.5, 0.6) is 0 Å². The molecule has 0 bridgehead atoms. The van der Waals surface area contributed by atoms with Crippen LogP contribution in [0.3, 0.4) is 0 Å². The zero-order chi connectivity index (χ0) is 19.0. The van der Waals surface area contributed by atoms with Gasteiger partial charge in [0, 0.05) is 22.3 Å². The van der Waals surface area contributed by atoms with Gasteiger partial charge in [0.1, 0.15) is 0 Å². The molecule has 4 aromatic rings. The molecular formula is C23H18ClNO2. The molecule has 0 radical (unpaired) electrons. The number of benzene rings is 3. The normalized spacial score (nSPS) is 11.0. The van der Waals surface area contributed by atoms with E-state index in [1.807, 2.05) is 66.2 Å². The van der Waals surface area contributed by atoms with E-state index in [1.54, 1.807) is 0 Å². The molecule has 0 amide bonds. The Labute approximate surface area is 162 Å². The van der Waals surface area contributed by atoms with Gasteiger partial charge in [0.05, 0.1) is 11.9 Å². The lowest BCUT2D eigenvalue weighted by Gasteiger charge is -2.10. The summed E-state index contributed by atoms with van der Waals surface area (Å²) in [6.45, 7) is 2.02. The van der Waals surface area contributed by atoms with E-state index in [1.165, 1.54) is 0 Å². The molecule has 3 nitrogen and oxygen atoms in total. The molecule has 0 saturated carbocycles. The highest BCUT2D eigenvalue weighted by molar-refractivity contribution is 6.31. The van der Waals surface area contributed by atoms with Crippen LogP contribution in [0.2, 0.25) is 5.02 Å². The Bertz CT molecular complexity index is 1140. The smallest absolute Gasteiger partial charge is 0.307 e. The van der Waals surface area contributed by atoms with Crippen molar-refractivity contribution >= 4 is 28.5 Å². The van der Waals surface area contributed by atoms with Gasteiger partial charge in [0.2, 0.25) is 0 Å². The number of carboxylic acids is 1. The summed E-state index contributed by atoms with van der Waals surface area (Å²) in [4.78, 5) is 11.2. The summed E-state index contributed by atoms with van der Waals surface area (Å²) in [5.41, 5.74) is 6.07. The van der Waals surface area contributed by atoms with Crippen molar-refractivity contribution in [2.75, 3.05) is 0 Å². The van der Waals surface area contributed by atoms with Crippen molar-refractivity contribution in [3.63, 3.8) is 0 Å². The Kier molecular flexibility index (Phi) is 4.46. The van der Waals surface area contributed by atoms with E-state index in [4.69, 9.17) is 11.6 Å². The third-order valence-corrected chi connectivity index (χ3v) is 5.27. The number of rotatable bonds is 4. The maximum absolute atomic E-state index is 11.2. The quantitative estimate of drug-likeness (QED) is 0.483. The molecular weight excluding hydrogens is 358 g/mol. The van der Waals surface area contributed by atoms with Gasteiger partial charge in [-0.15, -0.1) is 0 Å². The fourth-order valence-corrected chi connectivity index (χ4v) is 3.66. The average Bonchev–Trinajstić information content (AvgIpc) is 3.02. The fourth-order valence-electron chi connectivity index (χ4n) is 3.49. The molecule has 0 atom stereocenters. The molecule has 0 unspecified atom stereocenters. The van der Waals surface area contributed by atoms with Crippen molar-refractivity contribution in [2.24, 2.45) is 0 Å². The van der Waals surface area contributed by atoms with E-state index in [9.17, 15) is 9.90 Å². The summed E-state index contributed by atoms with van der Waals surface area (Å²) in [5, 5.41) is 10.9. The van der Waals surface area contributed by atoms with E-state index in [-0.39, 0.29) is 6.42 Å². The second-order valence-corrected chi connectivity index (χ2v) is 6.98. The summed E-state index contributed by atoms with van der Waals surface area (Å²) in [6, 6.07) is 22.0. The van der Waals surface area contributed by atoms with Crippen LogP contribution in [0, 0.1) is 6.92 Å². The molecule has 4 rings (SSSR count). The van der Waals surface area contributed by atoms with E-state index >= 15 is 0 Å². The highest BCUT2D eigenvalue weighted by atomic mass is 35.5. The minimum atomic E-state index is -0.829. The molecule has 1 heterocycles. The van der Waals surface area contributed by atoms with Gasteiger partial charge in [-0.3, -0.25) is 4.79 Å². The highest BCUT2D eigenvalue weighted by Gasteiger charge is 2.12. The number of nitrogens with zero attached hydrogens (tertiary/aromatic N) is 1. The number of halogens is 1. The SMILES string of the molecule is Cc1c(Cl)cccc1-c1ccc(-n2cc(CC(=O)O)c3ccccc32)cc1. The van der Waals surface area contributed by atoms with Gasteiger partial charge >= 0.3 is 5.97 Å². The van der Waals surface area contributed by atoms with Crippen molar-refractivity contribution < 1.29 is 9.90 Å². The zero-order valence-corrected chi connectivity index (χ0v) is 15.6. The van der Waals surface area contributed by atoms with Crippen LogP contribution >= 0.6 is 11.6 Å². The number of carboxylic acid groups (broad SMARTS) is 1. The second-order valence-electron chi connectivity index (χ2n) is 6.57. The van der Waals surface area contributed by atoms with Crippen molar-refractivity contribution in [3.05, 3.63) is 89.1 Å². The number of carbonyl (C=O) groups is 1. The van der Waals surface area contributed by atoms with Gasteiger partial charge < -0.3 is 9.67 Å². The summed E-state index contributed by atoms with van der Waals surface area (Å²) in [6.07, 6.45) is 1.92. The third kappa shape index (κ3) is 3.22. The third-order valence-electron chi connectivity index (χ3n) is 4.86. The first-order valence-electron chi connectivity index (χ1n) is 8.71. The molecule has 0 aliphatic heterocycles. The first-order valence-corrected chi connectivity index (χ1v) is 9.09. The number of aromatic nitrogens is 1. The molecule has 0 fully saturated rings. The van der Waals surface area contributed by atoms with Gasteiger partial charge in [0.25, 0.3) is 0 Å². The lowest BCUT2D eigenvalue weighted by atomic mass is 10.0. The Balaban J connectivity index is 1.79. The summed E-state index contributed by atoms with van der Waals surface area (Å²) in [7, 11) is 0. The van der Waals surface area contributed by atoms with Crippen molar-refractivity contribution in [3.8, 4) is 16.8 Å². The Morgan fingerprint density at radius 1 is 1.00 bits per heavy atom. The topological polar surface area (TPSA) is 42.2 Å². The number of aliphatic carboxylic acids is 1. The van der Waals surface area contributed by atoms with E-state index in [0.717, 1.165) is 43.9 Å². The van der Waals surface area contributed by atoms with Crippen LogP contribution < -0.4 is 0 Å². The second kappa shape index (κ2) is 6.93. The summed E-state index contributed by atoms with van der Waals surface area (Å²) in [5.74, 6) is -0.829. The van der Waals surface area contributed by atoms with Gasteiger partial charge in [-0.25, -0.2) is 0 Å². The van der Waals surface area contributed by atoms with E-state index in [2.05, 4.69) is 18.2 Å². The van der Waals surface area contributed by atoms with Gasteiger partial charge in [-0.1, -0.05) is 54.1 Å². The number of para-hydroxylation sites is 1. The monoisotopic (exact) mass is 375 g/mol. The molecule has 3 aromatic carbocycles. The number of fused-ring (bicyclic) bond motifs is 1.